The number of aliphatic hydroxyl groups is 1. The lowest BCUT2D eigenvalue weighted by Gasteiger charge is -2.22. The van der Waals surface area contributed by atoms with E-state index in [-0.39, 0.29) is 6.10 Å². The summed E-state index contributed by atoms with van der Waals surface area (Å²) in [5.41, 5.74) is 1.26. The number of nitrogens with zero attached hydrogens (tertiary/aromatic N) is 1. The molecule has 0 heterocycles. The van der Waals surface area contributed by atoms with Crippen LogP contribution in [0.25, 0.3) is 0 Å². The highest BCUT2D eigenvalue weighted by Gasteiger charge is 2.06. The second-order valence-electron chi connectivity index (χ2n) is 3.82. The minimum atomic E-state index is -0.298. The van der Waals surface area contributed by atoms with E-state index in [0.717, 1.165) is 13.1 Å². The van der Waals surface area contributed by atoms with E-state index in [1.54, 1.807) is 6.92 Å². The van der Waals surface area contributed by atoms with Crippen LogP contribution in [0.1, 0.15) is 12.5 Å². The lowest BCUT2D eigenvalue weighted by Crippen LogP contribution is -2.30. The maximum atomic E-state index is 9.35. The predicted octanol–water partition coefficient (Wildman–Crippen LogP) is 2.06. The highest BCUT2D eigenvalue weighted by Crippen LogP contribution is 2.04. The van der Waals surface area contributed by atoms with E-state index >= 15 is 0 Å². The standard InChI is InChI=1S/C13H19NO/c1-3-9-14(10-12(2)15)11-13-7-5-4-6-8-13/h3-8,12,15H,1,9-11H2,2H3/t12-/m0/s1. The quantitative estimate of drug-likeness (QED) is 0.718. The molecule has 0 radical (unpaired) electrons. The Morgan fingerprint density at radius 1 is 1.40 bits per heavy atom. The first-order valence-electron chi connectivity index (χ1n) is 5.27. The number of rotatable bonds is 6. The van der Waals surface area contributed by atoms with Gasteiger partial charge in [0, 0.05) is 19.6 Å². The summed E-state index contributed by atoms with van der Waals surface area (Å²) in [5, 5.41) is 9.35. The van der Waals surface area contributed by atoms with Crippen molar-refractivity contribution in [1.82, 2.24) is 4.90 Å². The van der Waals surface area contributed by atoms with E-state index < -0.39 is 0 Å². The Bertz CT molecular complexity index is 282. The fraction of sp³-hybridized carbons (Fsp3) is 0.385. The van der Waals surface area contributed by atoms with Crippen LogP contribution in [0.5, 0.6) is 0 Å². The van der Waals surface area contributed by atoms with Crippen LogP contribution >= 0.6 is 0 Å². The van der Waals surface area contributed by atoms with Crippen LogP contribution in [0, 0.1) is 0 Å². The van der Waals surface area contributed by atoms with Crippen LogP contribution in [0.2, 0.25) is 0 Å². The summed E-state index contributed by atoms with van der Waals surface area (Å²) in [6.07, 6.45) is 1.57. The third kappa shape index (κ3) is 4.77. The normalized spacial score (nSPS) is 12.7. The molecule has 1 N–H and O–H groups in total. The van der Waals surface area contributed by atoms with Gasteiger partial charge in [-0.25, -0.2) is 0 Å². The van der Waals surface area contributed by atoms with Crippen molar-refractivity contribution in [2.24, 2.45) is 0 Å². The molecule has 0 saturated heterocycles. The van der Waals surface area contributed by atoms with Crippen LogP contribution < -0.4 is 0 Å². The van der Waals surface area contributed by atoms with E-state index in [1.807, 2.05) is 24.3 Å². The van der Waals surface area contributed by atoms with Crippen LogP contribution in [0.15, 0.2) is 43.0 Å². The van der Waals surface area contributed by atoms with Gasteiger partial charge in [-0.1, -0.05) is 36.4 Å². The van der Waals surface area contributed by atoms with Crippen molar-refractivity contribution < 1.29 is 5.11 Å². The number of benzene rings is 1. The number of hydrogen-bond acceptors (Lipinski definition) is 2. The molecule has 82 valence electrons. The van der Waals surface area contributed by atoms with Gasteiger partial charge in [0.05, 0.1) is 6.10 Å². The molecule has 0 bridgehead atoms. The van der Waals surface area contributed by atoms with Crippen LogP contribution in [0.4, 0.5) is 0 Å². The van der Waals surface area contributed by atoms with Crippen molar-refractivity contribution in [3.63, 3.8) is 0 Å². The molecular weight excluding hydrogens is 186 g/mol. The number of hydrogen-bond donors (Lipinski definition) is 1. The van der Waals surface area contributed by atoms with Gasteiger partial charge in [-0.05, 0) is 12.5 Å². The zero-order chi connectivity index (χ0) is 11.1. The van der Waals surface area contributed by atoms with Gasteiger partial charge in [-0.2, -0.15) is 0 Å². The molecule has 0 spiro atoms. The molecule has 0 amide bonds. The maximum Gasteiger partial charge on any atom is 0.0639 e. The Morgan fingerprint density at radius 2 is 2.07 bits per heavy atom. The van der Waals surface area contributed by atoms with Gasteiger partial charge < -0.3 is 5.11 Å². The second-order valence-corrected chi connectivity index (χ2v) is 3.82. The molecule has 1 atom stereocenters. The summed E-state index contributed by atoms with van der Waals surface area (Å²) in [6, 6.07) is 10.3. The molecule has 0 unspecified atom stereocenters. The zero-order valence-corrected chi connectivity index (χ0v) is 9.26. The third-order valence-corrected chi connectivity index (χ3v) is 2.16. The van der Waals surface area contributed by atoms with Gasteiger partial charge in [0.25, 0.3) is 0 Å². The lowest BCUT2D eigenvalue weighted by molar-refractivity contribution is 0.130. The molecule has 0 saturated carbocycles. The van der Waals surface area contributed by atoms with Crippen molar-refractivity contribution in [2.45, 2.75) is 19.6 Å². The van der Waals surface area contributed by atoms with E-state index in [0.29, 0.717) is 6.54 Å². The first kappa shape index (κ1) is 12.0. The van der Waals surface area contributed by atoms with E-state index in [4.69, 9.17) is 0 Å². The Labute approximate surface area is 91.9 Å². The largest absolute Gasteiger partial charge is 0.392 e. The summed E-state index contributed by atoms with van der Waals surface area (Å²) in [7, 11) is 0. The monoisotopic (exact) mass is 205 g/mol. The molecule has 2 heteroatoms. The fourth-order valence-electron chi connectivity index (χ4n) is 1.60. The van der Waals surface area contributed by atoms with Crippen LogP contribution in [-0.4, -0.2) is 29.2 Å². The van der Waals surface area contributed by atoms with E-state index in [9.17, 15) is 5.11 Å². The SMILES string of the molecule is C=CCN(Cc1ccccc1)C[C@H](C)O. The average Bonchev–Trinajstić information content (AvgIpc) is 2.18. The van der Waals surface area contributed by atoms with Crippen LogP contribution in [0.3, 0.4) is 0 Å². The lowest BCUT2D eigenvalue weighted by atomic mass is 10.2. The van der Waals surface area contributed by atoms with Crippen molar-refractivity contribution in [3.05, 3.63) is 48.6 Å². The molecule has 0 aliphatic heterocycles. The molecular formula is C13H19NO. The Hall–Kier alpha value is -1.12. The van der Waals surface area contributed by atoms with E-state index in [2.05, 4.69) is 23.6 Å². The summed E-state index contributed by atoms with van der Waals surface area (Å²) in [6.45, 7) is 7.88. The molecule has 15 heavy (non-hydrogen) atoms. The molecule has 0 fully saturated rings. The van der Waals surface area contributed by atoms with Gasteiger partial charge in [-0.3, -0.25) is 4.90 Å². The highest BCUT2D eigenvalue weighted by atomic mass is 16.3. The molecule has 1 aromatic rings. The fourth-order valence-corrected chi connectivity index (χ4v) is 1.60. The first-order chi connectivity index (χ1) is 7.22. The highest BCUT2D eigenvalue weighted by molar-refractivity contribution is 5.14. The van der Waals surface area contributed by atoms with Crippen LogP contribution in [-0.2, 0) is 6.54 Å². The summed E-state index contributed by atoms with van der Waals surface area (Å²) in [4.78, 5) is 2.17. The maximum absolute atomic E-state index is 9.35. The van der Waals surface area contributed by atoms with Crippen molar-refractivity contribution in [2.75, 3.05) is 13.1 Å². The van der Waals surface area contributed by atoms with Crippen molar-refractivity contribution >= 4 is 0 Å². The third-order valence-electron chi connectivity index (χ3n) is 2.16. The Kier molecular flexibility index (Phi) is 5.08. The first-order valence-corrected chi connectivity index (χ1v) is 5.27. The summed E-state index contributed by atoms with van der Waals surface area (Å²) in [5.74, 6) is 0. The molecule has 2 nitrogen and oxygen atoms in total. The van der Waals surface area contributed by atoms with E-state index in [1.165, 1.54) is 5.56 Å². The van der Waals surface area contributed by atoms with Gasteiger partial charge in [-0.15, -0.1) is 6.58 Å². The zero-order valence-electron chi connectivity index (χ0n) is 9.26. The molecule has 1 rings (SSSR count). The molecule has 0 aliphatic rings. The van der Waals surface area contributed by atoms with Crippen molar-refractivity contribution in [1.29, 1.82) is 0 Å². The Morgan fingerprint density at radius 3 is 2.60 bits per heavy atom. The summed E-state index contributed by atoms with van der Waals surface area (Å²) < 4.78 is 0. The summed E-state index contributed by atoms with van der Waals surface area (Å²) >= 11 is 0. The predicted molar refractivity (Wildman–Crippen MR) is 63.6 cm³/mol. The van der Waals surface area contributed by atoms with Gasteiger partial charge >= 0.3 is 0 Å². The molecule has 0 aromatic heterocycles. The van der Waals surface area contributed by atoms with Gasteiger partial charge in [0.15, 0.2) is 0 Å². The van der Waals surface area contributed by atoms with Crippen molar-refractivity contribution in [3.8, 4) is 0 Å². The molecule has 0 aliphatic carbocycles. The van der Waals surface area contributed by atoms with Gasteiger partial charge in [0.2, 0.25) is 0 Å². The second kappa shape index (κ2) is 6.38. The minimum absolute atomic E-state index is 0.298. The number of aliphatic hydroxyl groups excluding tert-OH is 1. The smallest absolute Gasteiger partial charge is 0.0639 e. The molecule has 1 aromatic carbocycles. The minimum Gasteiger partial charge on any atom is -0.392 e. The van der Waals surface area contributed by atoms with Gasteiger partial charge in [0.1, 0.15) is 0 Å². The topological polar surface area (TPSA) is 23.5 Å². The Balaban J connectivity index is 2.54. The average molecular weight is 205 g/mol.